The maximum Gasteiger partial charge on any atom is 0.242 e. The summed E-state index contributed by atoms with van der Waals surface area (Å²) in [7, 11) is 0.239. The molecule has 0 aliphatic carbocycles. The normalized spacial score (nSPS) is 11.8. The molecule has 0 heterocycles. The predicted octanol–water partition coefficient (Wildman–Crippen LogP) is -0.188. The lowest BCUT2D eigenvalue weighted by atomic mass is 10.3. The molecule has 0 bridgehead atoms. The van der Waals surface area contributed by atoms with Crippen molar-refractivity contribution in [3.05, 3.63) is 24.3 Å². The van der Waals surface area contributed by atoms with E-state index in [0.717, 1.165) is 0 Å². The van der Waals surface area contributed by atoms with Crippen LogP contribution in [-0.2, 0) is 10.0 Å². The number of likely N-dealkylation sites (N-methyl/N-ethyl adjacent to an activating group) is 1. The molecule has 0 atom stereocenters. The number of rotatable bonds is 6. The first-order chi connectivity index (χ1) is 7.97. The van der Waals surface area contributed by atoms with E-state index in [0.29, 0.717) is 18.8 Å². The quantitative estimate of drug-likeness (QED) is 0.486. The van der Waals surface area contributed by atoms with Gasteiger partial charge in [-0.05, 0) is 26.2 Å². The van der Waals surface area contributed by atoms with Crippen molar-refractivity contribution in [3.63, 3.8) is 0 Å². The molecule has 0 radical (unpaired) electrons. The van der Waals surface area contributed by atoms with Crippen molar-refractivity contribution in [1.82, 2.24) is 9.62 Å². The van der Waals surface area contributed by atoms with E-state index >= 15 is 0 Å². The third-order valence-corrected chi connectivity index (χ3v) is 3.70. The predicted molar refractivity (Wildman–Crippen MR) is 68.0 cm³/mol. The minimum Gasteiger partial charge on any atom is -0.323 e. The lowest BCUT2D eigenvalue weighted by Crippen LogP contribution is -2.32. The second-order valence-electron chi connectivity index (χ2n) is 3.84. The highest BCUT2D eigenvalue weighted by molar-refractivity contribution is 7.89. The maximum atomic E-state index is 12.0. The number of nitrogens with zero attached hydrogens (tertiary/aromatic N) is 1. The lowest BCUT2D eigenvalue weighted by Gasteiger charge is -2.13. The lowest BCUT2D eigenvalue weighted by molar-refractivity contribution is 0.412. The molecule has 0 fully saturated rings. The number of nitrogen functional groups attached to an aromatic ring is 1. The molecule has 17 heavy (non-hydrogen) atoms. The van der Waals surface area contributed by atoms with Gasteiger partial charge >= 0.3 is 0 Å². The van der Waals surface area contributed by atoms with E-state index in [1.807, 2.05) is 19.0 Å². The van der Waals surface area contributed by atoms with Crippen LogP contribution >= 0.6 is 0 Å². The summed E-state index contributed by atoms with van der Waals surface area (Å²) in [6.07, 6.45) is 0. The van der Waals surface area contributed by atoms with Gasteiger partial charge in [-0.25, -0.2) is 13.1 Å². The number of nitrogens with two attached hydrogens (primary N) is 1. The summed E-state index contributed by atoms with van der Waals surface area (Å²) in [5.41, 5.74) is 2.75. The van der Waals surface area contributed by atoms with Crippen molar-refractivity contribution in [2.45, 2.75) is 4.90 Å². The topological polar surface area (TPSA) is 87.5 Å². The summed E-state index contributed by atoms with van der Waals surface area (Å²) in [4.78, 5) is 2.05. The molecule has 0 unspecified atom stereocenters. The van der Waals surface area contributed by atoms with Gasteiger partial charge in [0.25, 0.3) is 0 Å². The minimum atomic E-state index is -3.52. The number of anilines is 1. The fourth-order valence-electron chi connectivity index (χ4n) is 1.30. The van der Waals surface area contributed by atoms with Crippen LogP contribution in [0, 0.1) is 0 Å². The number of hydrogen-bond donors (Lipinski definition) is 3. The van der Waals surface area contributed by atoms with Crippen LogP contribution in [0.15, 0.2) is 29.2 Å². The van der Waals surface area contributed by atoms with Crippen molar-refractivity contribution in [2.75, 3.05) is 32.6 Å². The van der Waals surface area contributed by atoms with Gasteiger partial charge in [-0.2, -0.15) is 0 Å². The Morgan fingerprint density at radius 3 is 2.53 bits per heavy atom. The second kappa shape index (κ2) is 5.97. The van der Waals surface area contributed by atoms with Gasteiger partial charge in [0, 0.05) is 13.1 Å². The van der Waals surface area contributed by atoms with E-state index in [2.05, 4.69) is 10.1 Å². The van der Waals surface area contributed by atoms with E-state index in [4.69, 9.17) is 5.84 Å². The van der Waals surface area contributed by atoms with Crippen molar-refractivity contribution in [3.8, 4) is 0 Å². The van der Waals surface area contributed by atoms with Crippen LogP contribution in [0.25, 0.3) is 0 Å². The van der Waals surface area contributed by atoms with Gasteiger partial charge < -0.3 is 10.3 Å². The molecule has 1 rings (SSSR count). The third kappa shape index (κ3) is 3.97. The Hall–Kier alpha value is -1.15. The largest absolute Gasteiger partial charge is 0.323 e. The molecule has 6 nitrogen and oxygen atoms in total. The zero-order valence-electron chi connectivity index (χ0n) is 9.97. The Bertz CT molecular complexity index is 459. The van der Waals surface area contributed by atoms with Crippen LogP contribution in [0.5, 0.6) is 0 Å². The second-order valence-corrected chi connectivity index (χ2v) is 5.58. The smallest absolute Gasteiger partial charge is 0.242 e. The van der Waals surface area contributed by atoms with Gasteiger partial charge in [-0.15, -0.1) is 0 Å². The van der Waals surface area contributed by atoms with E-state index in [9.17, 15) is 8.42 Å². The molecule has 0 amide bonds. The molecule has 1 aromatic rings. The zero-order valence-corrected chi connectivity index (χ0v) is 10.8. The van der Waals surface area contributed by atoms with Crippen LogP contribution in [-0.4, -0.2) is 40.5 Å². The average molecular weight is 258 g/mol. The first kappa shape index (κ1) is 13.9. The van der Waals surface area contributed by atoms with Gasteiger partial charge in [0.15, 0.2) is 0 Å². The van der Waals surface area contributed by atoms with E-state index < -0.39 is 10.0 Å². The summed E-state index contributed by atoms with van der Waals surface area (Å²) < 4.78 is 26.5. The average Bonchev–Trinajstić information content (AvgIpc) is 2.28. The van der Waals surface area contributed by atoms with Gasteiger partial charge in [0.1, 0.15) is 4.90 Å². The van der Waals surface area contributed by atoms with E-state index in [-0.39, 0.29) is 4.90 Å². The van der Waals surface area contributed by atoms with Crippen LogP contribution in [0.1, 0.15) is 0 Å². The zero-order chi connectivity index (χ0) is 12.9. The van der Waals surface area contributed by atoms with Crippen LogP contribution in [0.4, 0.5) is 5.69 Å². The molecule has 0 spiro atoms. The third-order valence-electron chi connectivity index (χ3n) is 2.18. The molecular weight excluding hydrogens is 240 g/mol. The van der Waals surface area contributed by atoms with Crippen LogP contribution in [0.3, 0.4) is 0 Å². The number of para-hydroxylation sites is 1. The molecule has 4 N–H and O–H groups in total. The molecule has 0 saturated carbocycles. The monoisotopic (exact) mass is 258 g/mol. The minimum absolute atomic E-state index is 0.154. The summed E-state index contributed by atoms with van der Waals surface area (Å²) in [5.74, 6) is 5.27. The van der Waals surface area contributed by atoms with Gasteiger partial charge in [-0.1, -0.05) is 12.1 Å². The van der Waals surface area contributed by atoms with Gasteiger partial charge in [0.05, 0.1) is 5.69 Å². The van der Waals surface area contributed by atoms with Crippen molar-refractivity contribution >= 4 is 15.7 Å². The van der Waals surface area contributed by atoms with Crippen molar-refractivity contribution in [2.24, 2.45) is 5.84 Å². The fourth-order valence-corrected chi connectivity index (χ4v) is 2.49. The summed E-state index contributed by atoms with van der Waals surface area (Å²) in [6.45, 7) is 0.992. The highest BCUT2D eigenvalue weighted by atomic mass is 32.2. The highest BCUT2D eigenvalue weighted by Crippen LogP contribution is 2.18. The molecule has 96 valence electrons. The van der Waals surface area contributed by atoms with Gasteiger partial charge in [-0.3, -0.25) is 5.84 Å². The number of nitrogens with one attached hydrogen (secondary N) is 2. The number of sulfonamides is 1. The molecule has 0 aliphatic heterocycles. The fraction of sp³-hybridized carbons (Fsp3) is 0.400. The Morgan fingerprint density at radius 2 is 1.94 bits per heavy atom. The molecule has 1 aromatic carbocycles. The number of benzene rings is 1. The molecule has 0 aliphatic rings. The summed E-state index contributed by atoms with van der Waals surface area (Å²) >= 11 is 0. The number of hydrogen-bond acceptors (Lipinski definition) is 5. The summed E-state index contributed by atoms with van der Waals surface area (Å²) in [5, 5.41) is 0. The molecule has 0 aromatic heterocycles. The Morgan fingerprint density at radius 1 is 1.29 bits per heavy atom. The summed E-state index contributed by atoms with van der Waals surface area (Å²) in [6, 6.07) is 6.49. The van der Waals surface area contributed by atoms with E-state index in [1.54, 1.807) is 18.2 Å². The van der Waals surface area contributed by atoms with Gasteiger partial charge in [0.2, 0.25) is 10.0 Å². The molecule has 0 saturated heterocycles. The van der Waals surface area contributed by atoms with E-state index in [1.165, 1.54) is 6.07 Å². The Kier molecular flexibility index (Phi) is 4.88. The first-order valence-corrected chi connectivity index (χ1v) is 6.65. The first-order valence-electron chi connectivity index (χ1n) is 5.17. The Balaban J connectivity index is 2.82. The Labute approximate surface area is 102 Å². The van der Waals surface area contributed by atoms with Crippen molar-refractivity contribution < 1.29 is 8.42 Å². The highest BCUT2D eigenvalue weighted by Gasteiger charge is 2.16. The maximum absolute atomic E-state index is 12.0. The SMILES string of the molecule is CN(C)CCNS(=O)(=O)c1ccccc1NN. The number of hydrazine groups is 1. The molecular formula is C10H18N4O2S. The van der Waals surface area contributed by atoms with Crippen molar-refractivity contribution in [1.29, 1.82) is 0 Å². The molecule has 7 heteroatoms. The van der Waals surface area contributed by atoms with Crippen LogP contribution < -0.4 is 16.0 Å². The standard InChI is InChI=1S/C10H18N4O2S/c1-14(2)8-7-12-17(15,16)10-6-4-3-5-9(10)13-11/h3-6,12-13H,7-8,11H2,1-2H3. The van der Waals surface area contributed by atoms with Crippen LogP contribution in [0.2, 0.25) is 0 Å².